The second-order valence-corrected chi connectivity index (χ2v) is 7.58. The van der Waals surface area contributed by atoms with Gasteiger partial charge in [0.1, 0.15) is 22.8 Å². The Morgan fingerprint density at radius 3 is 2.81 bits per heavy atom. The summed E-state index contributed by atoms with van der Waals surface area (Å²) < 4.78 is 18.6. The highest BCUT2D eigenvalue weighted by molar-refractivity contribution is 5.93. The minimum absolute atomic E-state index is 0.0386. The van der Waals surface area contributed by atoms with Gasteiger partial charge < -0.3 is 20.1 Å². The molecule has 2 aromatic heterocycles. The van der Waals surface area contributed by atoms with Crippen LogP contribution in [0.5, 0.6) is 0 Å². The third-order valence-corrected chi connectivity index (χ3v) is 5.07. The van der Waals surface area contributed by atoms with Crippen molar-refractivity contribution in [1.82, 2.24) is 25.4 Å². The number of aromatic amines is 1. The van der Waals surface area contributed by atoms with Crippen molar-refractivity contribution in [2.45, 2.75) is 5.60 Å². The number of hydrogen-bond acceptors (Lipinski definition) is 6. The second-order valence-electron chi connectivity index (χ2n) is 7.58. The van der Waals surface area contributed by atoms with Crippen LogP contribution >= 0.6 is 0 Å². The summed E-state index contributed by atoms with van der Waals surface area (Å²) in [6, 6.07) is 12.3. The van der Waals surface area contributed by atoms with Crippen LogP contribution in [0.15, 0.2) is 54.7 Å². The van der Waals surface area contributed by atoms with Crippen LogP contribution in [0.2, 0.25) is 0 Å². The fraction of sp³-hybridized carbons (Fsp3) is 0.273. The van der Waals surface area contributed by atoms with Gasteiger partial charge in [-0.25, -0.2) is 4.39 Å². The number of β-amino-alcohol motifs (C(OH)–C–C–N with tert-alkyl or cyclic N) is 1. The van der Waals surface area contributed by atoms with E-state index in [4.69, 9.17) is 4.74 Å². The number of ether oxygens (including phenoxy) is 1. The topological polar surface area (TPSA) is 120 Å². The van der Waals surface area contributed by atoms with E-state index in [2.05, 4.69) is 20.5 Å². The number of aliphatic hydroxyl groups is 1. The molecule has 1 saturated heterocycles. The predicted octanol–water partition coefficient (Wildman–Crippen LogP) is 1.24. The van der Waals surface area contributed by atoms with Gasteiger partial charge in [0.25, 0.3) is 11.8 Å². The molecule has 0 bridgehead atoms. The fourth-order valence-electron chi connectivity index (χ4n) is 3.40. The van der Waals surface area contributed by atoms with Crippen LogP contribution in [0.1, 0.15) is 21.0 Å². The molecular formula is C22H22FN5O4. The summed E-state index contributed by atoms with van der Waals surface area (Å²) in [5.41, 5.74) is 0.138. The van der Waals surface area contributed by atoms with Gasteiger partial charge in [0.2, 0.25) is 0 Å². The highest BCUT2D eigenvalue weighted by Gasteiger charge is 2.35. The largest absolute Gasteiger partial charge is 0.384 e. The SMILES string of the molecule is O=C(NCC1(O)COCCN(C(=O)c2cc(-c3ccc(F)cc3)n[nH]2)C1)c1ccccn1. The van der Waals surface area contributed by atoms with Gasteiger partial charge in [-0.1, -0.05) is 6.07 Å². The van der Waals surface area contributed by atoms with Crippen molar-refractivity contribution in [2.24, 2.45) is 0 Å². The van der Waals surface area contributed by atoms with E-state index in [-0.39, 0.29) is 56.0 Å². The number of benzene rings is 1. The first-order chi connectivity index (χ1) is 15.4. The van der Waals surface area contributed by atoms with Crippen LogP contribution in [0.25, 0.3) is 11.3 Å². The van der Waals surface area contributed by atoms with Gasteiger partial charge in [-0.3, -0.25) is 19.7 Å². The van der Waals surface area contributed by atoms with Crippen molar-refractivity contribution < 1.29 is 23.8 Å². The van der Waals surface area contributed by atoms with E-state index in [1.165, 1.54) is 23.2 Å². The lowest BCUT2D eigenvalue weighted by Gasteiger charge is -2.30. The smallest absolute Gasteiger partial charge is 0.272 e. The molecule has 1 aliphatic rings. The average molecular weight is 439 g/mol. The number of carbonyl (C=O) groups excluding carboxylic acids is 2. The molecule has 0 spiro atoms. The molecule has 3 N–H and O–H groups in total. The highest BCUT2D eigenvalue weighted by Crippen LogP contribution is 2.20. The molecule has 0 aliphatic carbocycles. The van der Waals surface area contributed by atoms with Crippen molar-refractivity contribution in [1.29, 1.82) is 0 Å². The second kappa shape index (κ2) is 9.25. The quantitative estimate of drug-likeness (QED) is 0.550. The van der Waals surface area contributed by atoms with Crippen molar-refractivity contribution >= 4 is 11.8 Å². The molecule has 2 amide bonds. The molecule has 1 atom stereocenters. The Hall–Kier alpha value is -3.63. The maximum absolute atomic E-state index is 13.1. The number of rotatable bonds is 5. The number of halogens is 1. The molecule has 1 unspecified atom stereocenters. The first-order valence-corrected chi connectivity index (χ1v) is 10.0. The van der Waals surface area contributed by atoms with E-state index in [9.17, 15) is 19.1 Å². The molecule has 166 valence electrons. The van der Waals surface area contributed by atoms with Gasteiger partial charge >= 0.3 is 0 Å². The van der Waals surface area contributed by atoms with Crippen LogP contribution in [0.3, 0.4) is 0 Å². The number of carbonyl (C=O) groups is 2. The lowest BCUT2D eigenvalue weighted by atomic mass is 10.0. The van der Waals surface area contributed by atoms with Gasteiger partial charge in [0.05, 0.1) is 32.0 Å². The van der Waals surface area contributed by atoms with Gasteiger partial charge in [-0.2, -0.15) is 5.10 Å². The number of hydrogen-bond donors (Lipinski definition) is 3. The van der Waals surface area contributed by atoms with Crippen molar-refractivity contribution in [2.75, 3.05) is 32.8 Å². The first kappa shape index (κ1) is 21.6. The van der Waals surface area contributed by atoms with Crippen molar-refractivity contribution in [3.8, 4) is 11.3 Å². The summed E-state index contributed by atoms with van der Waals surface area (Å²) in [4.78, 5) is 30.7. The summed E-state index contributed by atoms with van der Waals surface area (Å²) in [6.45, 7) is 0.305. The van der Waals surface area contributed by atoms with Crippen LogP contribution in [0.4, 0.5) is 4.39 Å². The van der Waals surface area contributed by atoms with E-state index < -0.39 is 11.5 Å². The highest BCUT2D eigenvalue weighted by atomic mass is 19.1. The minimum Gasteiger partial charge on any atom is -0.384 e. The summed E-state index contributed by atoms with van der Waals surface area (Å²) in [7, 11) is 0. The standard InChI is InChI=1S/C22H22FN5O4/c23-16-6-4-15(5-7-16)18-11-19(27-26-18)21(30)28-9-10-32-14-22(31,13-28)12-25-20(29)17-3-1-2-8-24-17/h1-8,11,31H,9-10,12-14H2,(H,25,29)(H,26,27). The van der Waals surface area contributed by atoms with Gasteiger partial charge in [0.15, 0.2) is 0 Å². The molecular weight excluding hydrogens is 417 g/mol. The van der Waals surface area contributed by atoms with E-state index in [1.807, 2.05) is 0 Å². The molecule has 4 rings (SSSR count). The monoisotopic (exact) mass is 439 g/mol. The maximum Gasteiger partial charge on any atom is 0.272 e. The van der Waals surface area contributed by atoms with Crippen LogP contribution in [-0.4, -0.2) is 75.5 Å². The fourth-order valence-corrected chi connectivity index (χ4v) is 3.40. The average Bonchev–Trinajstić information content (AvgIpc) is 3.22. The van der Waals surface area contributed by atoms with Gasteiger partial charge in [-0.05, 0) is 42.5 Å². The zero-order valence-electron chi connectivity index (χ0n) is 17.1. The first-order valence-electron chi connectivity index (χ1n) is 10.0. The Labute approximate surface area is 183 Å². The Morgan fingerprint density at radius 1 is 1.25 bits per heavy atom. The number of nitrogens with one attached hydrogen (secondary N) is 2. The lowest BCUT2D eigenvalue weighted by Crippen LogP contribution is -2.53. The van der Waals surface area contributed by atoms with Gasteiger partial charge in [0, 0.05) is 18.3 Å². The molecule has 32 heavy (non-hydrogen) atoms. The number of amides is 2. The van der Waals surface area contributed by atoms with E-state index in [1.54, 1.807) is 36.4 Å². The van der Waals surface area contributed by atoms with E-state index >= 15 is 0 Å². The van der Waals surface area contributed by atoms with Crippen LogP contribution in [0, 0.1) is 5.82 Å². The third-order valence-electron chi connectivity index (χ3n) is 5.07. The predicted molar refractivity (Wildman–Crippen MR) is 112 cm³/mol. The van der Waals surface area contributed by atoms with Crippen molar-refractivity contribution in [3.05, 3.63) is 71.9 Å². The number of pyridine rings is 1. The number of nitrogens with zero attached hydrogens (tertiary/aromatic N) is 3. The van der Waals surface area contributed by atoms with Crippen LogP contribution in [-0.2, 0) is 4.74 Å². The molecule has 1 aliphatic heterocycles. The Morgan fingerprint density at radius 2 is 2.06 bits per heavy atom. The van der Waals surface area contributed by atoms with E-state index in [0.717, 1.165) is 0 Å². The molecule has 0 saturated carbocycles. The molecule has 9 nitrogen and oxygen atoms in total. The lowest BCUT2D eigenvalue weighted by molar-refractivity contribution is -0.0324. The third kappa shape index (κ3) is 4.98. The zero-order valence-corrected chi connectivity index (χ0v) is 17.1. The summed E-state index contributed by atoms with van der Waals surface area (Å²) in [6.07, 6.45) is 1.50. The molecule has 1 aromatic carbocycles. The summed E-state index contributed by atoms with van der Waals surface area (Å²) in [5, 5.41) is 20.5. The normalized spacial score (nSPS) is 18.8. The summed E-state index contributed by atoms with van der Waals surface area (Å²) in [5.74, 6) is -1.16. The Balaban J connectivity index is 1.43. The van der Waals surface area contributed by atoms with E-state index in [0.29, 0.717) is 11.3 Å². The molecule has 3 heterocycles. The minimum atomic E-state index is -1.48. The number of aromatic nitrogens is 3. The summed E-state index contributed by atoms with van der Waals surface area (Å²) >= 11 is 0. The van der Waals surface area contributed by atoms with Crippen molar-refractivity contribution in [3.63, 3.8) is 0 Å². The molecule has 1 fully saturated rings. The molecule has 3 aromatic rings. The Bertz CT molecular complexity index is 1090. The van der Waals surface area contributed by atoms with Crippen LogP contribution < -0.4 is 5.32 Å². The molecule has 10 heteroatoms. The Kier molecular flexibility index (Phi) is 6.24. The maximum atomic E-state index is 13.1. The molecule has 0 radical (unpaired) electrons. The number of H-pyrrole nitrogens is 1. The van der Waals surface area contributed by atoms with Gasteiger partial charge in [-0.15, -0.1) is 0 Å². The zero-order chi connectivity index (χ0) is 22.6.